The van der Waals surface area contributed by atoms with Crippen molar-refractivity contribution < 1.29 is 14.6 Å². The van der Waals surface area contributed by atoms with Gasteiger partial charge in [0.05, 0.1) is 25.5 Å². The van der Waals surface area contributed by atoms with Crippen LogP contribution in [0.5, 0.6) is 5.75 Å². The summed E-state index contributed by atoms with van der Waals surface area (Å²) in [6.07, 6.45) is 1.72. The van der Waals surface area contributed by atoms with Gasteiger partial charge in [-0.25, -0.2) is 0 Å². The van der Waals surface area contributed by atoms with Gasteiger partial charge in [0, 0.05) is 20.2 Å². The summed E-state index contributed by atoms with van der Waals surface area (Å²) in [6, 6.07) is 4.11. The van der Waals surface area contributed by atoms with Crippen molar-refractivity contribution in [1.82, 2.24) is 0 Å². The molecule has 0 aromatic heterocycles. The summed E-state index contributed by atoms with van der Waals surface area (Å²) < 4.78 is 10.5. The molecule has 0 aliphatic carbocycles. The highest BCUT2D eigenvalue weighted by Crippen LogP contribution is 2.38. The van der Waals surface area contributed by atoms with Gasteiger partial charge in [-0.2, -0.15) is 0 Å². The Morgan fingerprint density at radius 2 is 2.16 bits per heavy atom. The predicted octanol–water partition coefficient (Wildman–Crippen LogP) is 1.76. The van der Waals surface area contributed by atoms with Crippen LogP contribution in [-0.2, 0) is 11.2 Å². The second-order valence-corrected chi connectivity index (χ2v) is 5.07. The summed E-state index contributed by atoms with van der Waals surface area (Å²) in [5.41, 5.74) is 3.78. The van der Waals surface area contributed by atoms with Crippen molar-refractivity contribution in [2.75, 3.05) is 38.8 Å². The van der Waals surface area contributed by atoms with Crippen molar-refractivity contribution in [2.45, 2.75) is 25.9 Å². The minimum Gasteiger partial charge on any atom is -0.495 e. The Labute approximate surface area is 114 Å². The molecule has 0 saturated carbocycles. The summed E-state index contributed by atoms with van der Waals surface area (Å²) in [6.45, 7) is 4.03. The van der Waals surface area contributed by atoms with Crippen LogP contribution in [0.4, 0.5) is 5.69 Å². The van der Waals surface area contributed by atoms with E-state index in [1.165, 1.54) is 11.1 Å². The summed E-state index contributed by atoms with van der Waals surface area (Å²) >= 11 is 0. The quantitative estimate of drug-likeness (QED) is 0.881. The Kier molecular flexibility index (Phi) is 4.66. The van der Waals surface area contributed by atoms with Crippen LogP contribution in [0, 0.1) is 6.92 Å². The van der Waals surface area contributed by atoms with Gasteiger partial charge in [0.1, 0.15) is 5.75 Å². The molecule has 1 aliphatic rings. The summed E-state index contributed by atoms with van der Waals surface area (Å²) in [5.74, 6) is 0.893. The number of fused-ring (bicyclic) bond motifs is 1. The van der Waals surface area contributed by atoms with E-state index >= 15 is 0 Å². The molecular formula is C15H23NO3. The Bertz CT molecular complexity index is 434. The molecule has 0 bridgehead atoms. The van der Waals surface area contributed by atoms with E-state index in [-0.39, 0.29) is 0 Å². The number of β-amino-alcohol motifs (C(OH)–C–C–N with tert-alkyl or cyclic N) is 1. The number of ether oxygens (including phenoxy) is 2. The van der Waals surface area contributed by atoms with Crippen molar-refractivity contribution >= 4 is 5.69 Å². The number of hydrogen-bond donors (Lipinski definition) is 1. The van der Waals surface area contributed by atoms with Crippen LogP contribution in [0.3, 0.4) is 0 Å². The maximum absolute atomic E-state index is 9.95. The molecule has 1 atom stereocenters. The molecule has 1 N–H and O–H groups in total. The molecule has 1 aromatic carbocycles. The van der Waals surface area contributed by atoms with Crippen molar-refractivity contribution in [3.63, 3.8) is 0 Å². The highest BCUT2D eigenvalue weighted by atomic mass is 16.5. The van der Waals surface area contributed by atoms with Crippen molar-refractivity contribution in [2.24, 2.45) is 0 Å². The van der Waals surface area contributed by atoms with E-state index in [1.807, 2.05) is 6.07 Å². The molecular weight excluding hydrogens is 242 g/mol. The number of hydrogen-bond acceptors (Lipinski definition) is 4. The predicted molar refractivity (Wildman–Crippen MR) is 76.1 cm³/mol. The van der Waals surface area contributed by atoms with Gasteiger partial charge < -0.3 is 19.5 Å². The van der Waals surface area contributed by atoms with Crippen LogP contribution < -0.4 is 9.64 Å². The number of aryl methyl sites for hydroxylation is 1. The monoisotopic (exact) mass is 265 g/mol. The molecule has 0 radical (unpaired) electrons. The minimum atomic E-state index is -0.471. The van der Waals surface area contributed by atoms with Crippen LogP contribution in [0.25, 0.3) is 0 Å². The first-order valence-corrected chi connectivity index (χ1v) is 6.75. The lowest BCUT2D eigenvalue weighted by Gasteiger charge is -2.34. The van der Waals surface area contributed by atoms with Crippen LogP contribution in [0.1, 0.15) is 17.5 Å². The second kappa shape index (κ2) is 6.26. The maximum atomic E-state index is 9.95. The van der Waals surface area contributed by atoms with E-state index in [0.717, 1.165) is 30.8 Å². The molecule has 106 valence electrons. The van der Waals surface area contributed by atoms with E-state index in [1.54, 1.807) is 14.2 Å². The van der Waals surface area contributed by atoms with Gasteiger partial charge in [-0.3, -0.25) is 0 Å². The standard InChI is InChI=1S/C15H23NO3/c1-11-6-7-14(19-3)15-13(11)5-4-8-16(15)9-12(17)10-18-2/h6-7,12,17H,4-5,8-10H2,1-3H3/t12-/m0/s1. The molecule has 2 rings (SSSR count). The lowest BCUT2D eigenvalue weighted by Crippen LogP contribution is -2.38. The molecule has 0 amide bonds. The third-order valence-corrected chi connectivity index (χ3v) is 3.66. The molecule has 1 heterocycles. The number of rotatable bonds is 5. The minimum absolute atomic E-state index is 0.361. The first-order valence-electron chi connectivity index (χ1n) is 6.75. The average Bonchev–Trinajstić information content (AvgIpc) is 2.40. The number of aliphatic hydroxyl groups excluding tert-OH is 1. The highest BCUT2D eigenvalue weighted by Gasteiger charge is 2.24. The average molecular weight is 265 g/mol. The normalized spacial score (nSPS) is 16.1. The first-order chi connectivity index (χ1) is 9.17. The van der Waals surface area contributed by atoms with Gasteiger partial charge in [0.25, 0.3) is 0 Å². The third-order valence-electron chi connectivity index (χ3n) is 3.66. The fraction of sp³-hybridized carbons (Fsp3) is 0.600. The van der Waals surface area contributed by atoms with Crippen LogP contribution in [0.15, 0.2) is 12.1 Å². The van der Waals surface area contributed by atoms with Crippen molar-refractivity contribution in [3.05, 3.63) is 23.3 Å². The van der Waals surface area contributed by atoms with Gasteiger partial charge >= 0.3 is 0 Å². The molecule has 0 unspecified atom stereocenters. The van der Waals surface area contributed by atoms with Gasteiger partial charge in [-0.15, -0.1) is 0 Å². The van der Waals surface area contributed by atoms with Gasteiger partial charge in [0.2, 0.25) is 0 Å². The lowest BCUT2D eigenvalue weighted by molar-refractivity contribution is 0.0685. The Balaban J connectivity index is 2.29. The Morgan fingerprint density at radius 3 is 2.84 bits per heavy atom. The summed E-state index contributed by atoms with van der Waals surface area (Å²) in [7, 11) is 3.31. The molecule has 0 spiro atoms. The molecule has 19 heavy (non-hydrogen) atoms. The van der Waals surface area contributed by atoms with Crippen molar-refractivity contribution in [1.29, 1.82) is 0 Å². The Morgan fingerprint density at radius 1 is 1.37 bits per heavy atom. The number of benzene rings is 1. The SMILES string of the molecule is COC[C@@H](O)CN1CCCc2c(C)ccc(OC)c21. The largest absolute Gasteiger partial charge is 0.495 e. The topological polar surface area (TPSA) is 41.9 Å². The maximum Gasteiger partial charge on any atom is 0.142 e. The third kappa shape index (κ3) is 3.01. The zero-order valence-electron chi connectivity index (χ0n) is 12.0. The number of aliphatic hydroxyl groups is 1. The van der Waals surface area contributed by atoms with E-state index in [2.05, 4.69) is 17.9 Å². The second-order valence-electron chi connectivity index (χ2n) is 5.07. The van der Waals surface area contributed by atoms with E-state index in [0.29, 0.717) is 13.2 Å². The number of anilines is 1. The van der Waals surface area contributed by atoms with E-state index in [4.69, 9.17) is 9.47 Å². The molecule has 1 aliphatic heterocycles. The van der Waals surface area contributed by atoms with Crippen molar-refractivity contribution in [3.8, 4) is 5.75 Å². The fourth-order valence-corrected chi connectivity index (χ4v) is 2.78. The van der Waals surface area contributed by atoms with E-state index in [9.17, 15) is 5.11 Å². The number of nitrogens with zero attached hydrogens (tertiary/aromatic N) is 1. The molecule has 0 saturated heterocycles. The van der Waals surface area contributed by atoms with Crippen LogP contribution >= 0.6 is 0 Å². The lowest BCUT2D eigenvalue weighted by atomic mass is 9.96. The zero-order valence-corrected chi connectivity index (χ0v) is 12.0. The van der Waals surface area contributed by atoms with Gasteiger partial charge in [0.15, 0.2) is 0 Å². The Hall–Kier alpha value is -1.26. The number of methoxy groups -OCH3 is 2. The zero-order chi connectivity index (χ0) is 13.8. The first kappa shape index (κ1) is 14.2. The summed E-state index contributed by atoms with van der Waals surface area (Å²) in [4.78, 5) is 2.22. The molecule has 4 heteroatoms. The summed E-state index contributed by atoms with van der Waals surface area (Å²) in [5, 5.41) is 9.95. The van der Waals surface area contributed by atoms with Crippen LogP contribution in [-0.4, -0.2) is 45.1 Å². The van der Waals surface area contributed by atoms with Gasteiger partial charge in [-0.1, -0.05) is 6.07 Å². The molecule has 1 aromatic rings. The van der Waals surface area contributed by atoms with E-state index < -0.39 is 6.10 Å². The molecule has 0 fully saturated rings. The highest BCUT2D eigenvalue weighted by molar-refractivity contribution is 5.67. The molecule has 4 nitrogen and oxygen atoms in total. The van der Waals surface area contributed by atoms with Crippen LogP contribution in [0.2, 0.25) is 0 Å². The fourth-order valence-electron chi connectivity index (χ4n) is 2.78. The smallest absolute Gasteiger partial charge is 0.142 e. The van der Waals surface area contributed by atoms with Gasteiger partial charge in [-0.05, 0) is 37.0 Å².